The molecule has 0 unspecified atom stereocenters. The molecule has 1 amide bonds. The Labute approximate surface area is 141 Å². The third-order valence-electron chi connectivity index (χ3n) is 3.24. The number of carboxylic acid groups (broad SMARTS) is 1. The molecule has 1 aliphatic rings. The molecule has 1 N–H and O–H groups in total. The van der Waals surface area contributed by atoms with Crippen LogP contribution in [0.2, 0.25) is 0 Å². The van der Waals surface area contributed by atoms with Crippen molar-refractivity contribution in [1.82, 2.24) is 4.90 Å². The van der Waals surface area contributed by atoms with Crippen molar-refractivity contribution in [1.29, 1.82) is 0 Å². The van der Waals surface area contributed by atoms with Gasteiger partial charge in [-0.1, -0.05) is 30.0 Å². The van der Waals surface area contributed by atoms with Crippen LogP contribution in [-0.2, 0) is 9.59 Å². The normalized spacial score (nSPS) is 16.5. The van der Waals surface area contributed by atoms with Crippen LogP contribution in [0.3, 0.4) is 0 Å². The van der Waals surface area contributed by atoms with Crippen LogP contribution in [0, 0.1) is 18.6 Å². The van der Waals surface area contributed by atoms with Gasteiger partial charge in [-0.15, -0.1) is 0 Å². The number of thioether (sulfide) groups is 1. The van der Waals surface area contributed by atoms with Gasteiger partial charge in [-0.05, 0) is 31.1 Å². The fourth-order valence-corrected chi connectivity index (χ4v) is 3.31. The topological polar surface area (TPSA) is 57.6 Å². The van der Waals surface area contributed by atoms with Gasteiger partial charge in [-0.2, -0.15) is 0 Å². The van der Waals surface area contributed by atoms with Crippen LogP contribution >= 0.6 is 24.0 Å². The minimum atomic E-state index is -0.963. The van der Waals surface area contributed by atoms with Gasteiger partial charge in [0.1, 0.15) is 16.0 Å². The van der Waals surface area contributed by atoms with Gasteiger partial charge in [0.15, 0.2) is 0 Å². The van der Waals surface area contributed by atoms with Crippen LogP contribution in [0.25, 0.3) is 6.08 Å². The summed E-state index contributed by atoms with van der Waals surface area (Å²) >= 11 is 6.02. The molecule has 1 fully saturated rings. The number of aryl methyl sites for hydroxylation is 1. The van der Waals surface area contributed by atoms with E-state index in [1.165, 1.54) is 17.9 Å². The van der Waals surface area contributed by atoms with E-state index < -0.39 is 23.5 Å². The second kappa shape index (κ2) is 7.18. The Balaban J connectivity index is 2.22. The zero-order valence-corrected chi connectivity index (χ0v) is 13.8. The minimum absolute atomic E-state index is 0.0861. The highest BCUT2D eigenvalue weighted by Gasteiger charge is 2.32. The monoisotopic (exact) mass is 357 g/mol. The number of rotatable bonds is 5. The first kappa shape index (κ1) is 17.6. The molecule has 0 saturated carbocycles. The maximum absolute atomic E-state index is 14.0. The van der Waals surface area contributed by atoms with E-state index in [4.69, 9.17) is 17.3 Å². The van der Waals surface area contributed by atoms with E-state index in [0.29, 0.717) is 0 Å². The molecule has 0 aromatic heterocycles. The summed E-state index contributed by atoms with van der Waals surface area (Å²) in [5.74, 6) is -2.91. The zero-order valence-electron chi connectivity index (χ0n) is 12.1. The van der Waals surface area contributed by atoms with Gasteiger partial charge in [-0.25, -0.2) is 8.78 Å². The first-order valence-corrected chi connectivity index (χ1v) is 7.95. The average molecular weight is 357 g/mol. The van der Waals surface area contributed by atoms with E-state index in [0.717, 1.165) is 23.9 Å². The molecule has 23 heavy (non-hydrogen) atoms. The molecule has 0 bridgehead atoms. The number of carbonyl (C=O) groups is 2. The Morgan fingerprint density at radius 3 is 2.78 bits per heavy atom. The van der Waals surface area contributed by atoms with Gasteiger partial charge in [0, 0.05) is 18.5 Å². The SMILES string of the molecule is Cc1ccc(F)c(C=C2SC(=S)N(CCCC(=O)O)C2=O)c1F. The molecule has 0 radical (unpaired) electrons. The lowest BCUT2D eigenvalue weighted by atomic mass is 10.1. The van der Waals surface area contributed by atoms with Crippen molar-refractivity contribution >= 4 is 46.3 Å². The maximum Gasteiger partial charge on any atom is 0.303 e. The zero-order chi connectivity index (χ0) is 17.1. The van der Waals surface area contributed by atoms with Crippen LogP contribution in [0.5, 0.6) is 0 Å². The van der Waals surface area contributed by atoms with Crippen molar-refractivity contribution in [2.24, 2.45) is 0 Å². The van der Waals surface area contributed by atoms with E-state index in [1.54, 1.807) is 0 Å². The summed E-state index contributed by atoms with van der Waals surface area (Å²) < 4.78 is 28.0. The van der Waals surface area contributed by atoms with E-state index in [9.17, 15) is 18.4 Å². The molecule has 4 nitrogen and oxygen atoms in total. The Hall–Kier alpha value is -1.80. The largest absolute Gasteiger partial charge is 0.481 e. The van der Waals surface area contributed by atoms with E-state index in [1.807, 2.05) is 0 Å². The summed E-state index contributed by atoms with van der Waals surface area (Å²) in [6.45, 7) is 1.66. The molecular weight excluding hydrogens is 344 g/mol. The Morgan fingerprint density at radius 1 is 1.43 bits per heavy atom. The molecule has 1 aliphatic heterocycles. The van der Waals surface area contributed by atoms with Crippen molar-refractivity contribution in [3.8, 4) is 0 Å². The standard InChI is InChI=1S/C15H13F2NO3S2/c1-8-4-5-10(16)9(13(8)17)7-11-14(21)18(15(22)23-11)6-2-3-12(19)20/h4-5,7H,2-3,6H2,1H3,(H,19,20). The number of nitrogens with zero attached hydrogens (tertiary/aromatic N) is 1. The van der Waals surface area contributed by atoms with Crippen molar-refractivity contribution in [2.75, 3.05) is 6.54 Å². The number of halogens is 2. The quantitative estimate of drug-likeness (QED) is 0.647. The van der Waals surface area contributed by atoms with E-state index in [2.05, 4.69) is 0 Å². The number of carboxylic acids is 1. The summed E-state index contributed by atoms with van der Waals surface area (Å²) in [6, 6.07) is 2.46. The van der Waals surface area contributed by atoms with Crippen molar-refractivity contribution in [2.45, 2.75) is 19.8 Å². The number of amides is 1. The highest BCUT2D eigenvalue weighted by molar-refractivity contribution is 8.26. The fraction of sp³-hybridized carbons (Fsp3) is 0.267. The Morgan fingerprint density at radius 2 is 2.13 bits per heavy atom. The predicted octanol–water partition coefficient (Wildman–Crippen LogP) is 3.34. The number of carbonyl (C=O) groups excluding carboxylic acids is 1. The molecule has 8 heteroatoms. The van der Waals surface area contributed by atoms with Crippen LogP contribution in [-0.4, -0.2) is 32.7 Å². The number of benzene rings is 1. The molecule has 1 saturated heterocycles. The lowest BCUT2D eigenvalue weighted by Gasteiger charge is -2.13. The lowest BCUT2D eigenvalue weighted by Crippen LogP contribution is -2.29. The van der Waals surface area contributed by atoms with Crippen LogP contribution in [0.15, 0.2) is 17.0 Å². The predicted molar refractivity (Wildman–Crippen MR) is 87.8 cm³/mol. The van der Waals surface area contributed by atoms with Crippen molar-refractivity contribution in [3.05, 3.63) is 39.8 Å². The molecule has 1 aromatic carbocycles. The van der Waals surface area contributed by atoms with Crippen molar-refractivity contribution < 1.29 is 23.5 Å². The molecular formula is C15H13F2NO3S2. The first-order chi connectivity index (χ1) is 10.8. The fourth-order valence-electron chi connectivity index (χ4n) is 2.02. The van der Waals surface area contributed by atoms with Crippen LogP contribution < -0.4 is 0 Å². The van der Waals surface area contributed by atoms with E-state index >= 15 is 0 Å². The molecule has 0 aliphatic carbocycles. The van der Waals surface area contributed by atoms with Gasteiger partial charge in [0.05, 0.1) is 4.91 Å². The smallest absolute Gasteiger partial charge is 0.303 e. The van der Waals surface area contributed by atoms with Gasteiger partial charge in [-0.3, -0.25) is 14.5 Å². The molecule has 1 aromatic rings. The average Bonchev–Trinajstić information content (AvgIpc) is 2.74. The van der Waals surface area contributed by atoms with Crippen LogP contribution in [0.1, 0.15) is 24.0 Å². The summed E-state index contributed by atoms with van der Waals surface area (Å²) in [5, 5.41) is 8.62. The van der Waals surface area contributed by atoms with Gasteiger partial charge >= 0.3 is 5.97 Å². The summed E-state index contributed by atoms with van der Waals surface area (Å²) in [7, 11) is 0. The van der Waals surface area contributed by atoms with Gasteiger partial charge in [0.2, 0.25) is 0 Å². The molecule has 0 atom stereocenters. The second-order valence-corrected chi connectivity index (χ2v) is 6.60. The minimum Gasteiger partial charge on any atom is -0.481 e. The van der Waals surface area contributed by atoms with E-state index in [-0.39, 0.29) is 39.7 Å². The first-order valence-electron chi connectivity index (χ1n) is 6.73. The molecule has 0 spiro atoms. The summed E-state index contributed by atoms with van der Waals surface area (Å²) in [5.41, 5.74) is -0.00868. The Kier molecular flexibility index (Phi) is 5.48. The number of hydrogen-bond acceptors (Lipinski definition) is 4. The number of thiocarbonyl (C=S) groups is 1. The van der Waals surface area contributed by atoms with Crippen molar-refractivity contribution in [3.63, 3.8) is 0 Å². The summed E-state index contributed by atoms with van der Waals surface area (Å²) in [4.78, 5) is 24.1. The molecule has 2 rings (SSSR count). The second-order valence-electron chi connectivity index (χ2n) is 4.92. The highest BCUT2D eigenvalue weighted by atomic mass is 32.2. The lowest BCUT2D eigenvalue weighted by molar-refractivity contribution is -0.137. The third-order valence-corrected chi connectivity index (χ3v) is 4.62. The summed E-state index contributed by atoms with van der Waals surface area (Å²) in [6.07, 6.45) is 1.31. The maximum atomic E-state index is 14.0. The molecule has 122 valence electrons. The van der Waals surface area contributed by atoms with Gasteiger partial charge in [0.25, 0.3) is 5.91 Å². The number of aliphatic carboxylic acids is 1. The highest BCUT2D eigenvalue weighted by Crippen LogP contribution is 2.33. The molecule has 1 heterocycles. The van der Waals surface area contributed by atoms with Crippen LogP contribution in [0.4, 0.5) is 8.78 Å². The number of hydrogen-bond donors (Lipinski definition) is 1. The third kappa shape index (κ3) is 3.94. The van der Waals surface area contributed by atoms with Gasteiger partial charge < -0.3 is 5.11 Å². The Bertz CT molecular complexity index is 719.